The van der Waals surface area contributed by atoms with E-state index in [0.29, 0.717) is 23.8 Å². The van der Waals surface area contributed by atoms with Gasteiger partial charge >= 0.3 is 0 Å². The van der Waals surface area contributed by atoms with E-state index < -0.39 is 0 Å². The summed E-state index contributed by atoms with van der Waals surface area (Å²) in [6, 6.07) is 16.9. The van der Waals surface area contributed by atoms with Crippen molar-refractivity contribution in [3.63, 3.8) is 0 Å². The first-order valence-electron chi connectivity index (χ1n) is 9.96. The highest BCUT2D eigenvalue weighted by atomic mass is 16.5. The van der Waals surface area contributed by atoms with E-state index in [1.54, 1.807) is 24.3 Å². The summed E-state index contributed by atoms with van der Waals surface area (Å²) in [4.78, 5) is 24.6. The Bertz CT molecular complexity index is 791. The molecule has 0 heterocycles. The molecule has 148 valence electrons. The molecule has 2 atom stereocenters. The van der Waals surface area contributed by atoms with Gasteiger partial charge in [-0.1, -0.05) is 56.2 Å². The highest BCUT2D eigenvalue weighted by Gasteiger charge is 2.22. The molecule has 28 heavy (non-hydrogen) atoms. The van der Waals surface area contributed by atoms with E-state index >= 15 is 0 Å². The van der Waals surface area contributed by atoms with Crippen LogP contribution in [0.15, 0.2) is 54.6 Å². The lowest BCUT2D eigenvalue weighted by Crippen LogP contribution is -2.43. The summed E-state index contributed by atoms with van der Waals surface area (Å²) in [5, 5.41) is 5.96. The topological polar surface area (TPSA) is 67.4 Å². The number of carbonyl (C=O) groups excluding carboxylic acids is 2. The number of benzene rings is 2. The Morgan fingerprint density at radius 2 is 1.82 bits per heavy atom. The minimum atomic E-state index is -0.171. The molecule has 0 radical (unpaired) electrons. The van der Waals surface area contributed by atoms with Crippen molar-refractivity contribution < 1.29 is 14.3 Å². The summed E-state index contributed by atoms with van der Waals surface area (Å²) in [6.45, 7) is 2.60. The van der Waals surface area contributed by atoms with Crippen molar-refractivity contribution in [2.75, 3.05) is 6.61 Å². The van der Waals surface area contributed by atoms with Gasteiger partial charge in [0.2, 0.25) is 0 Å². The Kier molecular flexibility index (Phi) is 7.06. The van der Waals surface area contributed by atoms with Gasteiger partial charge in [0, 0.05) is 18.2 Å². The lowest BCUT2D eigenvalue weighted by Gasteiger charge is -2.29. The number of amides is 2. The van der Waals surface area contributed by atoms with Gasteiger partial charge in [-0.05, 0) is 42.5 Å². The molecule has 1 aliphatic rings. The van der Waals surface area contributed by atoms with E-state index in [1.807, 2.05) is 30.3 Å². The molecule has 1 fully saturated rings. The molecule has 5 nitrogen and oxygen atoms in total. The smallest absolute Gasteiger partial charge is 0.258 e. The monoisotopic (exact) mass is 380 g/mol. The molecule has 0 unspecified atom stereocenters. The van der Waals surface area contributed by atoms with Gasteiger partial charge in [-0.3, -0.25) is 9.59 Å². The molecule has 0 bridgehead atoms. The van der Waals surface area contributed by atoms with Crippen molar-refractivity contribution in [2.45, 2.75) is 45.2 Å². The number of ether oxygens (including phenoxy) is 1. The zero-order valence-corrected chi connectivity index (χ0v) is 16.3. The lowest BCUT2D eigenvalue weighted by atomic mass is 9.86. The van der Waals surface area contributed by atoms with Crippen LogP contribution in [0.2, 0.25) is 0 Å². The molecule has 2 aromatic carbocycles. The number of hydrogen-bond donors (Lipinski definition) is 2. The maximum absolute atomic E-state index is 12.4. The van der Waals surface area contributed by atoms with Crippen molar-refractivity contribution >= 4 is 11.8 Å². The first kappa shape index (κ1) is 19.9. The van der Waals surface area contributed by atoms with Gasteiger partial charge in [0.25, 0.3) is 11.8 Å². The predicted molar refractivity (Wildman–Crippen MR) is 109 cm³/mol. The van der Waals surface area contributed by atoms with Gasteiger partial charge in [-0.2, -0.15) is 0 Å². The van der Waals surface area contributed by atoms with Crippen molar-refractivity contribution in [3.05, 3.63) is 65.7 Å². The number of carbonyl (C=O) groups is 2. The van der Waals surface area contributed by atoms with Gasteiger partial charge in [-0.15, -0.1) is 0 Å². The van der Waals surface area contributed by atoms with Gasteiger partial charge in [0.15, 0.2) is 6.61 Å². The van der Waals surface area contributed by atoms with Gasteiger partial charge < -0.3 is 15.4 Å². The number of hydrogen-bond acceptors (Lipinski definition) is 3. The van der Waals surface area contributed by atoms with Crippen molar-refractivity contribution in [3.8, 4) is 5.75 Å². The van der Waals surface area contributed by atoms with E-state index in [-0.39, 0.29) is 24.5 Å². The molecular formula is C23H28N2O3. The van der Waals surface area contributed by atoms with Crippen LogP contribution in [0.3, 0.4) is 0 Å². The summed E-state index contributed by atoms with van der Waals surface area (Å²) < 4.78 is 5.61. The lowest BCUT2D eigenvalue weighted by molar-refractivity contribution is -0.124. The molecule has 0 aromatic heterocycles. The Balaban J connectivity index is 1.48. The molecule has 0 aliphatic heterocycles. The minimum absolute atomic E-state index is 0.0433. The fourth-order valence-electron chi connectivity index (χ4n) is 3.54. The first-order valence-corrected chi connectivity index (χ1v) is 9.96. The second-order valence-corrected chi connectivity index (χ2v) is 7.42. The van der Waals surface area contributed by atoms with Crippen LogP contribution in [0.5, 0.6) is 5.75 Å². The molecular weight excluding hydrogens is 352 g/mol. The van der Waals surface area contributed by atoms with E-state index in [2.05, 4.69) is 17.6 Å². The third-order valence-electron chi connectivity index (χ3n) is 5.22. The molecule has 0 spiro atoms. The number of nitrogens with one attached hydrogen (secondary N) is 2. The fourth-order valence-corrected chi connectivity index (χ4v) is 3.54. The molecule has 5 heteroatoms. The van der Waals surface area contributed by atoms with Crippen LogP contribution in [0.4, 0.5) is 0 Å². The van der Waals surface area contributed by atoms with Crippen LogP contribution in [-0.4, -0.2) is 24.5 Å². The molecule has 0 saturated heterocycles. The summed E-state index contributed by atoms with van der Waals surface area (Å²) in [7, 11) is 0. The molecule has 2 N–H and O–H groups in total. The van der Waals surface area contributed by atoms with Crippen molar-refractivity contribution in [1.29, 1.82) is 0 Å². The predicted octanol–water partition coefficient (Wildman–Crippen LogP) is 3.69. The number of rotatable bonds is 7. The Morgan fingerprint density at radius 1 is 1.04 bits per heavy atom. The van der Waals surface area contributed by atoms with Gasteiger partial charge in [-0.25, -0.2) is 0 Å². The summed E-state index contributed by atoms with van der Waals surface area (Å²) in [6.07, 6.45) is 4.59. The SMILES string of the molecule is C[C@@H]1CCCC[C@@H]1NC(=O)COc1cccc(C(=O)NCc2ccccc2)c1. The first-order chi connectivity index (χ1) is 13.6. The normalized spacial score (nSPS) is 18.9. The maximum atomic E-state index is 12.4. The standard InChI is InChI=1S/C23H28N2O3/c1-17-8-5-6-13-21(17)25-22(26)16-28-20-12-7-11-19(14-20)23(27)24-15-18-9-3-2-4-10-18/h2-4,7,9-12,14,17,21H,5-6,8,13,15-16H2,1H3,(H,24,27)(H,25,26)/t17-,21+/m1/s1. The van der Waals surface area contributed by atoms with Crippen LogP contribution >= 0.6 is 0 Å². The second kappa shape index (κ2) is 9.93. The zero-order valence-electron chi connectivity index (χ0n) is 16.3. The van der Waals surface area contributed by atoms with E-state index in [0.717, 1.165) is 24.8 Å². The molecule has 2 aromatic rings. The third-order valence-corrected chi connectivity index (χ3v) is 5.22. The molecule has 1 aliphatic carbocycles. The van der Waals surface area contributed by atoms with Gasteiger partial charge in [0.05, 0.1) is 0 Å². The highest BCUT2D eigenvalue weighted by molar-refractivity contribution is 5.94. The second-order valence-electron chi connectivity index (χ2n) is 7.42. The maximum Gasteiger partial charge on any atom is 0.258 e. The summed E-state index contributed by atoms with van der Waals surface area (Å²) in [5.74, 6) is 0.737. The van der Waals surface area contributed by atoms with Gasteiger partial charge in [0.1, 0.15) is 5.75 Å². The highest BCUT2D eigenvalue weighted by Crippen LogP contribution is 2.23. The van der Waals surface area contributed by atoms with E-state index in [9.17, 15) is 9.59 Å². The average Bonchev–Trinajstić information content (AvgIpc) is 2.73. The van der Waals surface area contributed by atoms with E-state index in [4.69, 9.17) is 4.74 Å². The fraction of sp³-hybridized carbons (Fsp3) is 0.391. The van der Waals surface area contributed by atoms with Crippen LogP contribution in [-0.2, 0) is 11.3 Å². The zero-order chi connectivity index (χ0) is 19.8. The Morgan fingerprint density at radius 3 is 2.61 bits per heavy atom. The quantitative estimate of drug-likeness (QED) is 0.770. The molecule has 3 rings (SSSR count). The Hall–Kier alpha value is -2.82. The average molecular weight is 380 g/mol. The third kappa shape index (κ3) is 5.84. The summed E-state index contributed by atoms with van der Waals surface area (Å²) >= 11 is 0. The molecule has 2 amide bonds. The summed E-state index contributed by atoms with van der Waals surface area (Å²) in [5.41, 5.74) is 1.55. The van der Waals surface area contributed by atoms with Crippen molar-refractivity contribution in [1.82, 2.24) is 10.6 Å². The molecule has 1 saturated carbocycles. The van der Waals surface area contributed by atoms with Crippen LogP contribution in [0.1, 0.15) is 48.5 Å². The van der Waals surface area contributed by atoms with E-state index in [1.165, 1.54) is 6.42 Å². The Labute approximate surface area is 166 Å². The minimum Gasteiger partial charge on any atom is -0.484 e. The van der Waals surface area contributed by atoms with Crippen LogP contribution < -0.4 is 15.4 Å². The largest absolute Gasteiger partial charge is 0.484 e. The van der Waals surface area contributed by atoms with Crippen LogP contribution in [0, 0.1) is 5.92 Å². The van der Waals surface area contributed by atoms with Crippen molar-refractivity contribution in [2.24, 2.45) is 5.92 Å². The van der Waals surface area contributed by atoms with Crippen LogP contribution in [0.25, 0.3) is 0 Å².